The minimum absolute atomic E-state index is 0.234. The van der Waals surface area contributed by atoms with Crippen LogP contribution in [0.3, 0.4) is 0 Å². The number of fused-ring (bicyclic) bond motifs is 1. The minimum Gasteiger partial charge on any atom is -0.481 e. The van der Waals surface area contributed by atoms with Crippen molar-refractivity contribution in [1.82, 2.24) is 0 Å². The SMILES string of the molecule is Cc1cc(C)c2c(c1)NC(CCC(=O)O)CS2. The van der Waals surface area contributed by atoms with Crippen LogP contribution in [0.2, 0.25) is 0 Å². The summed E-state index contributed by atoms with van der Waals surface area (Å²) in [6.45, 7) is 4.21. The number of benzene rings is 1. The van der Waals surface area contributed by atoms with Gasteiger partial charge in [0.15, 0.2) is 0 Å². The van der Waals surface area contributed by atoms with Crippen molar-refractivity contribution >= 4 is 23.4 Å². The van der Waals surface area contributed by atoms with Crippen LogP contribution in [0, 0.1) is 13.8 Å². The smallest absolute Gasteiger partial charge is 0.303 e. The van der Waals surface area contributed by atoms with E-state index in [1.54, 1.807) is 0 Å². The van der Waals surface area contributed by atoms with Crippen LogP contribution in [0.4, 0.5) is 5.69 Å². The second-order valence-corrected chi connectivity index (χ2v) is 5.57. The van der Waals surface area contributed by atoms with Gasteiger partial charge in [0.05, 0.1) is 0 Å². The van der Waals surface area contributed by atoms with Crippen LogP contribution in [-0.4, -0.2) is 22.9 Å². The van der Waals surface area contributed by atoms with Gasteiger partial charge in [-0.15, -0.1) is 11.8 Å². The maximum Gasteiger partial charge on any atom is 0.303 e. The lowest BCUT2D eigenvalue weighted by atomic mass is 10.1. The van der Waals surface area contributed by atoms with Gasteiger partial charge in [-0.3, -0.25) is 4.79 Å². The molecule has 0 spiro atoms. The average Bonchev–Trinajstić information content (AvgIpc) is 2.25. The van der Waals surface area contributed by atoms with Gasteiger partial charge in [0.2, 0.25) is 0 Å². The molecule has 17 heavy (non-hydrogen) atoms. The summed E-state index contributed by atoms with van der Waals surface area (Å²) < 4.78 is 0. The molecule has 3 nitrogen and oxygen atoms in total. The Morgan fingerprint density at radius 3 is 3.00 bits per heavy atom. The van der Waals surface area contributed by atoms with Crippen molar-refractivity contribution in [2.75, 3.05) is 11.1 Å². The van der Waals surface area contributed by atoms with Crippen LogP contribution in [-0.2, 0) is 4.79 Å². The van der Waals surface area contributed by atoms with Crippen molar-refractivity contribution in [2.24, 2.45) is 0 Å². The number of hydrogen-bond acceptors (Lipinski definition) is 3. The van der Waals surface area contributed by atoms with E-state index in [0.717, 1.165) is 11.4 Å². The number of carbonyl (C=O) groups is 1. The topological polar surface area (TPSA) is 49.3 Å². The van der Waals surface area contributed by atoms with E-state index in [-0.39, 0.29) is 12.5 Å². The molecule has 0 saturated carbocycles. The van der Waals surface area contributed by atoms with Gasteiger partial charge in [-0.05, 0) is 37.5 Å². The molecule has 2 N–H and O–H groups in total. The zero-order chi connectivity index (χ0) is 12.4. The molecular formula is C13H17NO2S. The van der Waals surface area contributed by atoms with Gasteiger partial charge in [-0.25, -0.2) is 0 Å². The van der Waals surface area contributed by atoms with Crippen molar-refractivity contribution in [3.05, 3.63) is 23.3 Å². The zero-order valence-electron chi connectivity index (χ0n) is 10.1. The van der Waals surface area contributed by atoms with Gasteiger partial charge in [-0.2, -0.15) is 0 Å². The molecule has 2 rings (SSSR count). The number of thioether (sulfide) groups is 1. The second kappa shape index (κ2) is 5.00. The van der Waals surface area contributed by atoms with Gasteiger partial charge in [-0.1, -0.05) is 6.07 Å². The first-order valence-electron chi connectivity index (χ1n) is 5.78. The third kappa shape index (κ3) is 2.94. The van der Waals surface area contributed by atoms with Crippen molar-refractivity contribution in [1.29, 1.82) is 0 Å². The van der Waals surface area contributed by atoms with Gasteiger partial charge in [0.1, 0.15) is 0 Å². The summed E-state index contributed by atoms with van der Waals surface area (Å²) in [6, 6.07) is 4.60. The Hall–Kier alpha value is -1.16. The number of carboxylic acid groups (broad SMARTS) is 1. The highest BCUT2D eigenvalue weighted by Gasteiger charge is 2.20. The highest BCUT2D eigenvalue weighted by molar-refractivity contribution is 7.99. The predicted octanol–water partition coefficient (Wildman–Crippen LogP) is 3.05. The summed E-state index contributed by atoms with van der Waals surface area (Å²) >= 11 is 1.83. The normalized spacial score (nSPS) is 18.4. The molecule has 1 aromatic rings. The average molecular weight is 251 g/mol. The lowest BCUT2D eigenvalue weighted by Crippen LogP contribution is -2.27. The standard InChI is InChI=1S/C13H17NO2S/c1-8-5-9(2)13-11(6-8)14-10(7-17-13)3-4-12(15)16/h5-6,10,14H,3-4,7H2,1-2H3,(H,15,16). The van der Waals surface area contributed by atoms with Crippen molar-refractivity contribution in [3.8, 4) is 0 Å². The maximum atomic E-state index is 10.6. The Morgan fingerprint density at radius 2 is 2.29 bits per heavy atom. The summed E-state index contributed by atoms with van der Waals surface area (Å²) in [6.07, 6.45) is 0.924. The van der Waals surface area contributed by atoms with Crippen LogP contribution < -0.4 is 5.32 Å². The first-order valence-corrected chi connectivity index (χ1v) is 6.77. The maximum absolute atomic E-state index is 10.6. The third-order valence-corrected chi connectivity index (χ3v) is 4.31. The Balaban J connectivity index is 2.10. The molecule has 1 atom stereocenters. The van der Waals surface area contributed by atoms with E-state index in [9.17, 15) is 4.79 Å². The number of nitrogens with one attached hydrogen (secondary N) is 1. The molecular weight excluding hydrogens is 234 g/mol. The van der Waals surface area contributed by atoms with Crippen LogP contribution >= 0.6 is 11.8 Å². The second-order valence-electron chi connectivity index (χ2n) is 4.54. The molecule has 1 unspecified atom stereocenters. The van der Waals surface area contributed by atoms with E-state index in [0.29, 0.717) is 6.42 Å². The summed E-state index contributed by atoms with van der Waals surface area (Å²) in [5, 5.41) is 12.1. The van der Waals surface area contributed by atoms with Gasteiger partial charge in [0.25, 0.3) is 0 Å². The quantitative estimate of drug-likeness (QED) is 0.867. The number of rotatable bonds is 3. The molecule has 0 bridgehead atoms. The van der Waals surface area contributed by atoms with E-state index < -0.39 is 5.97 Å². The minimum atomic E-state index is -0.719. The Kier molecular flexibility index (Phi) is 3.62. The molecule has 4 heteroatoms. The van der Waals surface area contributed by atoms with E-state index in [1.807, 2.05) is 11.8 Å². The van der Waals surface area contributed by atoms with Gasteiger partial charge in [0, 0.05) is 28.8 Å². The van der Waals surface area contributed by atoms with Crippen molar-refractivity contribution < 1.29 is 9.90 Å². The van der Waals surface area contributed by atoms with Gasteiger partial charge >= 0.3 is 5.97 Å². The number of carboxylic acids is 1. The lowest BCUT2D eigenvalue weighted by Gasteiger charge is -2.27. The number of hydrogen-bond donors (Lipinski definition) is 2. The predicted molar refractivity (Wildman–Crippen MR) is 70.9 cm³/mol. The molecule has 92 valence electrons. The molecule has 0 saturated heterocycles. The fourth-order valence-corrected chi connectivity index (χ4v) is 3.33. The molecule has 0 aromatic heterocycles. The Bertz CT molecular complexity index is 445. The summed E-state index contributed by atoms with van der Waals surface area (Å²) in [5.74, 6) is 0.229. The van der Waals surface area contributed by atoms with E-state index in [1.165, 1.54) is 16.0 Å². The lowest BCUT2D eigenvalue weighted by molar-refractivity contribution is -0.137. The summed E-state index contributed by atoms with van der Waals surface area (Å²) in [5.41, 5.74) is 3.71. The van der Waals surface area contributed by atoms with Gasteiger partial charge < -0.3 is 10.4 Å². The summed E-state index contributed by atoms with van der Waals surface area (Å²) in [7, 11) is 0. The Morgan fingerprint density at radius 1 is 1.53 bits per heavy atom. The monoisotopic (exact) mass is 251 g/mol. The fraction of sp³-hybridized carbons (Fsp3) is 0.462. The fourth-order valence-electron chi connectivity index (χ4n) is 2.15. The van der Waals surface area contributed by atoms with E-state index in [4.69, 9.17) is 5.11 Å². The highest BCUT2D eigenvalue weighted by Crippen LogP contribution is 2.37. The Labute approximate surface area is 106 Å². The molecule has 0 radical (unpaired) electrons. The molecule has 1 heterocycles. The van der Waals surface area contributed by atoms with Crippen LogP contribution in [0.1, 0.15) is 24.0 Å². The van der Waals surface area contributed by atoms with E-state index >= 15 is 0 Å². The number of aliphatic carboxylic acids is 1. The largest absolute Gasteiger partial charge is 0.481 e. The van der Waals surface area contributed by atoms with Crippen LogP contribution in [0.5, 0.6) is 0 Å². The molecule has 0 fully saturated rings. The highest BCUT2D eigenvalue weighted by atomic mass is 32.2. The number of aryl methyl sites for hydroxylation is 2. The molecule has 0 amide bonds. The third-order valence-electron chi connectivity index (χ3n) is 2.91. The van der Waals surface area contributed by atoms with Crippen LogP contribution in [0.25, 0.3) is 0 Å². The first kappa shape index (κ1) is 12.3. The van der Waals surface area contributed by atoms with Crippen molar-refractivity contribution in [3.63, 3.8) is 0 Å². The zero-order valence-corrected chi connectivity index (χ0v) is 10.9. The molecule has 0 aliphatic carbocycles. The summed E-state index contributed by atoms with van der Waals surface area (Å²) in [4.78, 5) is 11.9. The molecule has 1 aliphatic heterocycles. The molecule has 1 aliphatic rings. The first-order chi connectivity index (χ1) is 8.06. The van der Waals surface area contributed by atoms with Crippen molar-refractivity contribution in [2.45, 2.75) is 37.6 Å². The van der Waals surface area contributed by atoms with Crippen LogP contribution in [0.15, 0.2) is 17.0 Å². The van der Waals surface area contributed by atoms with E-state index in [2.05, 4.69) is 31.3 Å². The number of anilines is 1. The molecule has 1 aromatic carbocycles.